The lowest BCUT2D eigenvalue weighted by molar-refractivity contribution is -0.166. The van der Waals surface area contributed by atoms with Gasteiger partial charge >= 0.3 is 6.09 Å². The monoisotopic (exact) mass is 438 g/mol. The van der Waals surface area contributed by atoms with Crippen molar-refractivity contribution in [3.05, 3.63) is 35.9 Å². The van der Waals surface area contributed by atoms with Crippen molar-refractivity contribution in [1.29, 1.82) is 0 Å². The van der Waals surface area contributed by atoms with E-state index >= 15 is 0 Å². The molecule has 0 aromatic heterocycles. The molecule has 1 unspecified atom stereocenters. The smallest absolute Gasteiger partial charge is 0.408 e. The molecule has 1 heterocycles. The van der Waals surface area contributed by atoms with E-state index in [0.29, 0.717) is 6.61 Å². The maximum Gasteiger partial charge on any atom is 0.408 e. The molecule has 0 radical (unpaired) electrons. The lowest BCUT2D eigenvalue weighted by Gasteiger charge is -2.27. The Hall–Kier alpha value is -2.20. The first-order valence-electron chi connectivity index (χ1n) is 10.6. The molecule has 31 heavy (non-hydrogen) atoms. The highest BCUT2D eigenvalue weighted by Gasteiger charge is 2.31. The Morgan fingerprint density at radius 1 is 1.23 bits per heavy atom. The minimum absolute atomic E-state index is 0.117. The summed E-state index contributed by atoms with van der Waals surface area (Å²) < 4.78 is 16.3. The molecule has 0 aliphatic carbocycles. The second-order valence-corrected chi connectivity index (χ2v) is 8.39. The summed E-state index contributed by atoms with van der Waals surface area (Å²) in [6.45, 7) is 6.09. The highest BCUT2D eigenvalue weighted by molar-refractivity contribution is 5.85. The summed E-state index contributed by atoms with van der Waals surface area (Å²) in [7, 11) is 0. The van der Waals surface area contributed by atoms with Crippen LogP contribution in [0.25, 0.3) is 0 Å². The molecule has 1 aromatic carbocycles. The van der Waals surface area contributed by atoms with Gasteiger partial charge in [0.25, 0.3) is 5.91 Å². The molecule has 2 rings (SSSR count). The van der Waals surface area contributed by atoms with Crippen LogP contribution in [0.4, 0.5) is 4.79 Å². The van der Waals surface area contributed by atoms with Crippen molar-refractivity contribution in [2.24, 2.45) is 0 Å². The summed E-state index contributed by atoms with van der Waals surface area (Å²) in [5.41, 5.74) is 2.40. The minimum atomic E-state index is -1.28. The van der Waals surface area contributed by atoms with Gasteiger partial charge < -0.3 is 24.6 Å². The Morgan fingerprint density at radius 3 is 2.61 bits per heavy atom. The fourth-order valence-electron chi connectivity index (χ4n) is 2.93. The van der Waals surface area contributed by atoms with Gasteiger partial charge in [-0.25, -0.2) is 10.3 Å². The van der Waals surface area contributed by atoms with Crippen LogP contribution in [0.15, 0.2) is 30.3 Å². The Morgan fingerprint density at radius 2 is 1.97 bits per heavy atom. The first kappa shape index (κ1) is 25.1. The molecule has 1 saturated heterocycles. The third-order valence-electron chi connectivity index (χ3n) is 4.45. The molecular formula is C22H34N2O7. The van der Waals surface area contributed by atoms with E-state index in [9.17, 15) is 14.7 Å². The number of aliphatic hydroxyl groups is 1. The zero-order chi connectivity index (χ0) is 22.7. The maximum atomic E-state index is 12.6. The van der Waals surface area contributed by atoms with Crippen molar-refractivity contribution in [2.45, 2.75) is 77.1 Å². The zero-order valence-electron chi connectivity index (χ0n) is 18.5. The average molecular weight is 439 g/mol. The lowest BCUT2D eigenvalue weighted by atomic mass is 10.1. The quantitative estimate of drug-likeness (QED) is 0.481. The van der Waals surface area contributed by atoms with E-state index in [4.69, 9.17) is 19.0 Å². The highest BCUT2D eigenvalue weighted by Crippen LogP contribution is 2.15. The molecule has 1 aromatic rings. The van der Waals surface area contributed by atoms with Crippen LogP contribution >= 0.6 is 0 Å². The number of nitrogens with one attached hydrogen (secondary N) is 2. The van der Waals surface area contributed by atoms with Crippen molar-refractivity contribution < 1.29 is 33.7 Å². The predicted molar refractivity (Wildman–Crippen MR) is 113 cm³/mol. The fourth-order valence-corrected chi connectivity index (χ4v) is 2.93. The Bertz CT molecular complexity index is 672. The van der Waals surface area contributed by atoms with E-state index in [0.717, 1.165) is 24.8 Å². The number of alkyl carbamates (subject to hydrolysis) is 1. The number of ether oxygens (including phenoxy) is 3. The Kier molecular flexibility index (Phi) is 10.2. The van der Waals surface area contributed by atoms with Crippen molar-refractivity contribution in [3.63, 3.8) is 0 Å². The van der Waals surface area contributed by atoms with Crippen LogP contribution in [0.3, 0.4) is 0 Å². The molecule has 3 N–H and O–H groups in total. The van der Waals surface area contributed by atoms with Gasteiger partial charge in [-0.1, -0.05) is 30.3 Å². The molecule has 174 valence electrons. The highest BCUT2D eigenvalue weighted by atomic mass is 16.7. The van der Waals surface area contributed by atoms with Gasteiger partial charge in [-0.15, -0.1) is 0 Å². The van der Waals surface area contributed by atoms with Crippen molar-refractivity contribution in [3.8, 4) is 0 Å². The number of carbonyl (C=O) groups is 2. The van der Waals surface area contributed by atoms with E-state index in [-0.39, 0.29) is 25.9 Å². The molecular weight excluding hydrogens is 404 g/mol. The number of hydrogen-bond acceptors (Lipinski definition) is 7. The van der Waals surface area contributed by atoms with Crippen molar-refractivity contribution in [2.75, 3.05) is 13.2 Å². The molecule has 1 fully saturated rings. The third-order valence-corrected chi connectivity index (χ3v) is 4.45. The Balaban J connectivity index is 1.88. The molecule has 1 aliphatic rings. The molecule has 3 atom stereocenters. The van der Waals surface area contributed by atoms with Gasteiger partial charge in [-0.3, -0.25) is 9.63 Å². The number of hydroxylamine groups is 1. The minimum Gasteiger partial charge on any atom is -0.444 e. The molecule has 1 aliphatic heterocycles. The number of benzene rings is 1. The zero-order valence-corrected chi connectivity index (χ0v) is 18.5. The van der Waals surface area contributed by atoms with E-state index in [2.05, 4.69) is 10.8 Å². The van der Waals surface area contributed by atoms with Crippen molar-refractivity contribution >= 4 is 12.0 Å². The number of aliphatic hydroxyl groups excluding tert-OH is 1. The largest absolute Gasteiger partial charge is 0.444 e. The maximum absolute atomic E-state index is 12.6. The van der Waals surface area contributed by atoms with Crippen LogP contribution in [0.2, 0.25) is 0 Å². The standard InChI is InChI=1S/C22H34N2O7/c1-22(2,3)31-21(27)23-19(17(25)12-14-29-18-11-7-8-13-28-18)20(26)24-30-15-16-9-5-4-6-10-16/h4-6,9-10,17-19,25H,7-8,11-15H2,1-3H3,(H,23,27)(H,24,26)/t17-,18?,19-/m0/s1. The first-order valence-corrected chi connectivity index (χ1v) is 10.6. The second-order valence-electron chi connectivity index (χ2n) is 8.39. The van der Waals surface area contributed by atoms with Crippen LogP contribution in [-0.4, -0.2) is 54.4 Å². The molecule has 9 heteroatoms. The van der Waals surface area contributed by atoms with Gasteiger partial charge in [-0.05, 0) is 52.0 Å². The molecule has 2 amide bonds. The van der Waals surface area contributed by atoms with Gasteiger partial charge in [0, 0.05) is 6.61 Å². The number of amides is 2. The van der Waals surface area contributed by atoms with Gasteiger partial charge in [0.15, 0.2) is 6.29 Å². The lowest BCUT2D eigenvalue weighted by Crippen LogP contribution is -2.54. The SMILES string of the molecule is CC(C)(C)OC(=O)N[C@H](C(=O)NOCc1ccccc1)[C@@H](O)CCOC1CCCCO1. The van der Waals surface area contributed by atoms with Crippen LogP contribution < -0.4 is 10.8 Å². The average Bonchev–Trinajstić information content (AvgIpc) is 2.72. The van der Waals surface area contributed by atoms with Gasteiger partial charge in [0.1, 0.15) is 11.6 Å². The Labute approximate surface area is 183 Å². The third kappa shape index (κ3) is 10.1. The second kappa shape index (κ2) is 12.6. The molecule has 0 bridgehead atoms. The number of rotatable bonds is 10. The van der Waals surface area contributed by atoms with Crippen LogP contribution in [-0.2, 0) is 30.4 Å². The van der Waals surface area contributed by atoms with Crippen molar-refractivity contribution in [1.82, 2.24) is 10.8 Å². The van der Waals surface area contributed by atoms with Crippen LogP contribution in [0.5, 0.6) is 0 Å². The van der Waals surface area contributed by atoms with Gasteiger partial charge in [-0.2, -0.15) is 0 Å². The normalized spacial score (nSPS) is 18.6. The fraction of sp³-hybridized carbons (Fsp3) is 0.636. The van der Waals surface area contributed by atoms with E-state index < -0.39 is 29.7 Å². The first-order chi connectivity index (χ1) is 14.7. The summed E-state index contributed by atoms with van der Waals surface area (Å²) in [6.07, 6.45) is 0.615. The van der Waals surface area contributed by atoms with Gasteiger partial charge in [0.05, 0.1) is 19.3 Å². The predicted octanol–water partition coefficient (Wildman–Crippen LogP) is 2.42. The topological polar surface area (TPSA) is 115 Å². The van der Waals surface area contributed by atoms with Crippen LogP contribution in [0, 0.1) is 0 Å². The van der Waals surface area contributed by atoms with Gasteiger partial charge in [0.2, 0.25) is 0 Å². The molecule has 0 spiro atoms. The summed E-state index contributed by atoms with van der Waals surface area (Å²) in [5.74, 6) is -0.691. The van der Waals surface area contributed by atoms with Crippen LogP contribution in [0.1, 0.15) is 52.0 Å². The summed E-state index contributed by atoms with van der Waals surface area (Å²) in [5, 5.41) is 13.0. The summed E-state index contributed by atoms with van der Waals surface area (Å²) in [6, 6.07) is 8.01. The number of hydrogen-bond donors (Lipinski definition) is 3. The summed E-state index contributed by atoms with van der Waals surface area (Å²) in [4.78, 5) is 30.0. The number of carbonyl (C=O) groups excluding carboxylic acids is 2. The van der Waals surface area contributed by atoms with E-state index in [1.807, 2.05) is 30.3 Å². The molecule has 0 saturated carbocycles. The van der Waals surface area contributed by atoms with E-state index in [1.54, 1.807) is 20.8 Å². The molecule has 9 nitrogen and oxygen atoms in total. The summed E-state index contributed by atoms with van der Waals surface area (Å²) >= 11 is 0. The van der Waals surface area contributed by atoms with E-state index in [1.165, 1.54) is 0 Å².